The first kappa shape index (κ1) is 23.4. The molecule has 0 radical (unpaired) electrons. The number of fused-ring (bicyclic) bond motifs is 1. The number of nitrogens with zero attached hydrogens (tertiary/aromatic N) is 5. The number of rotatable bonds is 6. The molecule has 1 fully saturated rings. The molecule has 2 aromatic carbocycles. The quantitative estimate of drug-likeness (QED) is 0.388. The largest absolute Gasteiger partial charge is 0.369 e. The van der Waals surface area contributed by atoms with Gasteiger partial charge in [0.05, 0.1) is 23.2 Å². The van der Waals surface area contributed by atoms with Gasteiger partial charge in [-0.05, 0) is 43.4 Å². The Labute approximate surface area is 208 Å². The first-order chi connectivity index (χ1) is 17.6. The van der Waals surface area contributed by atoms with Crippen molar-refractivity contribution in [3.05, 3.63) is 79.4 Å². The fraction of sp³-hybridized carbons (Fsp3) is 0.185. The highest BCUT2D eigenvalue weighted by atomic mass is 19.1. The summed E-state index contributed by atoms with van der Waals surface area (Å²) in [5.74, 6) is -0.131. The number of amides is 1. The van der Waals surface area contributed by atoms with Gasteiger partial charge < -0.3 is 20.4 Å². The zero-order valence-electron chi connectivity index (χ0n) is 19.9. The zero-order valence-corrected chi connectivity index (χ0v) is 19.9. The predicted molar refractivity (Wildman–Crippen MR) is 141 cm³/mol. The number of aromatic nitrogens is 3. The summed E-state index contributed by atoms with van der Waals surface area (Å²) >= 11 is 0. The number of likely N-dealkylation sites (N-methyl/N-ethyl adjacent to an activating group) is 1. The van der Waals surface area contributed by atoms with E-state index in [1.807, 2.05) is 30.3 Å². The van der Waals surface area contributed by atoms with Gasteiger partial charge in [-0.2, -0.15) is 0 Å². The number of benzene rings is 2. The average molecular weight is 484 g/mol. The van der Waals surface area contributed by atoms with Gasteiger partial charge in [-0.1, -0.05) is 18.2 Å². The molecule has 5 rings (SSSR count). The number of halogens is 1. The van der Waals surface area contributed by atoms with E-state index in [1.54, 1.807) is 24.5 Å². The molecule has 1 aliphatic rings. The molecule has 9 heteroatoms. The van der Waals surface area contributed by atoms with Crippen LogP contribution in [0.15, 0.2) is 79.4 Å². The van der Waals surface area contributed by atoms with Crippen LogP contribution in [0.25, 0.3) is 22.2 Å². The molecule has 2 N–H and O–H groups in total. The normalized spacial score (nSPS) is 14.3. The lowest BCUT2D eigenvalue weighted by Crippen LogP contribution is -2.44. The molecule has 2 aromatic heterocycles. The summed E-state index contributed by atoms with van der Waals surface area (Å²) in [6.07, 6.45) is 4.40. The van der Waals surface area contributed by atoms with Crippen molar-refractivity contribution < 1.29 is 9.18 Å². The summed E-state index contributed by atoms with van der Waals surface area (Å²) < 4.78 is 12.4. The van der Waals surface area contributed by atoms with Gasteiger partial charge >= 0.3 is 0 Å². The van der Waals surface area contributed by atoms with E-state index in [-0.39, 0.29) is 6.33 Å². The Morgan fingerprint density at radius 2 is 1.81 bits per heavy atom. The van der Waals surface area contributed by atoms with Crippen molar-refractivity contribution in [2.75, 3.05) is 48.8 Å². The molecule has 0 spiro atoms. The maximum absolute atomic E-state index is 12.4. The Morgan fingerprint density at radius 1 is 1.00 bits per heavy atom. The fourth-order valence-corrected chi connectivity index (χ4v) is 4.21. The van der Waals surface area contributed by atoms with Crippen molar-refractivity contribution in [3.8, 4) is 11.3 Å². The van der Waals surface area contributed by atoms with Crippen LogP contribution < -0.4 is 15.5 Å². The van der Waals surface area contributed by atoms with Crippen molar-refractivity contribution in [1.29, 1.82) is 0 Å². The lowest BCUT2D eigenvalue weighted by Gasteiger charge is -2.34. The van der Waals surface area contributed by atoms with Crippen molar-refractivity contribution in [2.45, 2.75) is 0 Å². The highest BCUT2D eigenvalue weighted by Crippen LogP contribution is 2.31. The van der Waals surface area contributed by atoms with E-state index in [2.05, 4.69) is 49.6 Å². The van der Waals surface area contributed by atoms with E-state index in [0.717, 1.165) is 48.9 Å². The maximum Gasteiger partial charge on any atom is 0.250 e. The van der Waals surface area contributed by atoms with E-state index in [1.165, 1.54) is 5.69 Å². The SMILES string of the molecule is CN1CCN(c2ccc(Nc3ncc4cccc(-c5ncccc5NC(=O)/C=C/F)c4n3)cc2)CC1. The minimum Gasteiger partial charge on any atom is -0.369 e. The van der Waals surface area contributed by atoms with Gasteiger partial charge in [-0.25, -0.2) is 14.4 Å². The topological polar surface area (TPSA) is 86.3 Å². The summed E-state index contributed by atoms with van der Waals surface area (Å²) in [4.78, 5) is 30.4. The smallest absolute Gasteiger partial charge is 0.250 e. The van der Waals surface area contributed by atoms with Gasteiger partial charge in [-0.15, -0.1) is 0 Å². The van der Waals surface area contributed by atoms with Gasteiger partial charge in [0.1, 0.15) is 0 Å². The molecule has 182 valence electrons. The summed E-state index contributed by atoms with van der Waals surface area (Å²) in [5.41, 5.74) is 4.48. The third kappa shape index (κ3) is 5.16. The van der Waals surface area contributed by atoms with Gasteiger partial charge in [0.2, 0.25) is 5.95 Å². The zero-order chi connectivity index (χ0) is 24.9. The molecular weight excluding hydrogens is 457 g/mol. The van der Waals surface area contributed by atoms with Gasteiger partial charge in [-0.3, -0.25) is 9.78 Å². The molecule has 1 amide bonds. The van der Waals surface area contributed by atoms with Crippen LogP contribution in [-0.4, -0.2) is 59.0 Å². The summed E-state index contributed by atoms with van der Waals surface area (Å²) in [5, 5.41) is 6.78. The van der Waals surface area contributed by atoms with E-state index < -0.39 is 5.91 Å². The van der Waals surface area contributed by atoms with Crippen molar-refractivity contribution in [2.24, 2.45) is 0 Å². The highest BCUT2D eigenvalue weighted by molar-refractivity contribution is 6.03. The molecule has 0 saturated carbocycles. The van der Waals surface area contributed by atoms with Crippen molar-refractivity contribution in [1.82, 2.24) is 19.9 Å². The van der Waals surface area contributed by atoms with Crippen LogP contribution in [0.2, 0.25) is 0 Å². The number of hydrogen-bond acceptors (Lipinski definition) is 7. The summed E-state index contributed by atoms with van der Waals surface area (Å²) in [7, 11) is 2.15. The van der Waals surface area contributed by atoms with E-state index in [0.29, 0.717) is 22.8 Å². The maximum atomic E-state index is 12.4. The summed E-state index contributed by atoms with van der Waals surface area (Å²) in [6, 6.07) is 17.4. The molecule has 0 aliphatic carbocycles. The Bertz CT molecular complexity index is 1400. The molecule has 1 aliphatic heterocycles. The number of carbonyl (C=O) groups excluding carboxylic acids is 1. The Morgan fingerprint density at radius 3 is 2.58 bits per heavy atom. The monoisotopic (exact) mass is 483 g/mol. The van der Waals surface area contributed by atoms with Crippen LogP contribution in [0.1, 0.15) is 0 Å². The number of piperazine rings is 1. The van der Waals surface area contributed by atoms with Gasteiger partial charge in [0, 0.05) is 67.0 Å². The Balaban J connectivity index is 1.42. The molecule has 0 bridgehead atoms. The van der Waals surface area contributed by atoms with Gasteiger partial charge in [0.25, 0.3) is 5.91 Å². The fourth-order valence-electron chi connectivity index (χ4n) is 4.21. The van der Waals surface area contributed by atoms with Crippen LogP contribution in [-0.2, 0) is 4.79 Å². The number of pyridine rings is 1. The second-order valence-electron chi connectivity index (χ2n) is 8.58. The van der Waals surface area contributed by atoms with Crippen molar-refractivity contribution in [3.63, 3.8) is 0 Å². The molecule has 4 aromatic rings. The van der Waals surface area contributed by atoms with E-state index in [4.69, 9.17) is 4.98 Å². The number of carbonyl (C=O) groups is 1. The van der Waals surface area contributed by atoms with Crippen LogP contribution in [0.5, 0.6) is 0 Å². The van der Waals surface area contributed by atoms with Crippen LogP contribution in [0.3, 0.4) is 0 Å². The standard InChI is InChI=1S/C27H26FN7O/c1-34-14-16-35(17-15-34)21-9-7-20(8-10-21)31-27-30-18-19-4-2-5-22(25(19)33-27)26-23(6-3-13-29-26)32-24(36)11-12-28/h2-13,18H,14-17H2,1H3,(H,32,36)(H,30,31,33)/b12-11+. The molecule has 0 unspecified atom stereocenters. The minimum absolute atomic E-state index is 0.201. The van der Waals surface area contributed by atoms with Crippen LogP contribution in [0.4, 0.5) is 27.4 Å². The average Bonchev–Trinajstić information content (AvgIpc) is 2.90. The molecule has 36 heavy (non-hydrogen) atoms. The highest BCUT2D eigenvalue weighted by Gasteiger charge is 2.15. The number of hydrogen-bond donors (Lipinski definition) is 2. The lowest BCUT2D eigenvalue weighted by molar-refractivity contribution is -0.111. The number of nitrogens with one attached hydrogen (secondary N) is 2. The second-order valence-corrected chi connectivity index (χ2v) is 8.58. The number of para-hydroxylation sites is 1. The van der Waals surface area contributed by atoms with E-state index in [9.17, 15) is 9.18 Å². The Kier molecular flexibility index (Phi) is 6.81. The number of anilines is 4. The third-order valence-electron chi connectivity index (χ3n) is 6.14. The minimum atomic E-state index is -0.580. The van der Waals surface area contributed by atoms with Gasteiger partial charge in [0.15, 0.2) is 0 Å². The van der Waals surface area contributed by atoms with Crippen molar-refractivity contribution >= 4 is 39.8 Å². The van der Waals surface area contributed by atoms with Crippen LogP contribution in [0, 0.1) is 0 Å². The van der Waals surface area contributed by atoms with Crippen LogP contribution >= 0.6 is 0 Å². The molecule has 8 nitrogen and oxygen atoms in total. The Hall–Kier alpha value is -4.37. The first-order valence-electron chi connectivity index (χ1n) is 11.7. The summed E-state index contributed by atoms with van der Waals surface area (Å²) in [6.45, 7) is 4.14. The third-order valence-corrected chi connectivity index (χ3v) is 6.14. The first-order valence-corrected chi connectivity index (χ1v) is 11.7. The molecule has 1 saturated heterocycles. The predicted octanol–water partition coefficient (Wildman–Crippen LogP) is 4.61. The lowest BCUT2D eigenvalue weighted by atomic mass is 10.1. The second kappa shape index (κ2) is 10.5. The molecule has 3 heterocycles. The van der Waals surface area contributed by atoms with E-state index >= 15 is 0 Å². The molecular formula is C27H26FN7O. The molecule has 0 atom stereocenters.